The molecular weight excluding hydrogens is 318 g/mol. The van der Waals surface area contributed by atoms with Gasteiger partial charge in [0.25, 0.3) is 0 Å². The SMILES string of the molecule is CCOCCOc1cccc(NCc2ccc(OCCOC)cc2)c1. The van der Waals surface area contributed by atoms with E-state index in [1.807, 2.05) is 43.3 Å². The van der Waals surface area contributed by atoms with Gasteiger partial charge in [-0.25, -0.2) is 0 Å². The monoisotopic (exact) mass is 345 g/mol. The summed E-state index contributed by atoms with van der Waals surface area (Å²) in [6.45, 7) is 5.73. The minimum atomic E-state index is 0.557. The van der Waals surface area contributed by atoms with Crippen LogP contribution in [0.4, 0.5) is 5.69 Å². The first-order chi connectivity index (χ1) is 12.3. The van der Waals surface area contributed by atoms with Crippen molar-refractivity contribution in [1.82, 2.24) is 0 Å². The zero-order valence-electron chi connectivity index (χ0n) is 15.0. The van der Waals surface area contributed by atoms with Crippen LogP contribution in [-0.4, -0.2) is 40.1 Å². The minimum Gasteiger partial charge on any atom is -0.491 e. The molecule has 0 amide bonds. The van der Waals surface area contributed by atoms with Gasteiger partial charge in [0.1, 0.15) is 24.7 Å². The predicted molar refractivity (Wildman–Crippen MR) is 99.6 cm³/mol. The van der Waals surface area contributed by atoms with E-state index in [2.05, 4.69) is 17.4 Å². The van der Waals surface area contributed by atoms with Gasteiger partial charge in [0.05, 0.1) is 13.2 Å². The van der Waals surface area contributed by atoms with E-state index in [0.29, 0.717) is 33.0 Å². The van der Waals surface area contributed by atoms with Gasteiger partial charge in [-0.1, -0.05) is 18.2 Å². The molecule has 0 heterocycles. The number of nitrogens with one attached hydrogen (secondary N) is 1. The van der Waals surface area contributed by atoms with E-state index in [4.69, 9.17) is 18.9 Å². The fourth-order valence-corrected chi connectivity index (χ4v) is 2.21. The molecule has 1 N–H and O–H groups in total. The molecule has 5 nitrogen and oxygen atoms in total. The molecule has 0 aliphatic heterocycles. The van der Waals surface area contributed by atoms with Crippen molar-refractivity contribution in [1.29, 1.82) is 0 Å². The Bertz CT molecular complexity index is 601. The summed E-state index contributed by atoms with van der Waals surface area (Å²) in [5.74, 6) is 1.69. The van der Waals surface area contributed by atoms with E-state index < -0.39 is 0 Å². The van der Waals surface area contributed by atoms with E-state index in [1.165, 1.54) is 5.56 Å². The third-order valence-electron chi connectivity index (χ3n) is 3.51. The van der Waals surface area contributed by atoms with Crippen LogP contribution >= 0.6 is 0 Å². The molecule has 0 unspecified atom stereocenters. The molecule has 0 saturated heterocycles. The summed E-state index contributed by atoms with van der Waals surface area (Å²) in [5.41, 5.74) is 2.20. The second-order valence-electron chi connectivity index (χ2n) is 5.41. The van der Waals surface area contributed by atoms with Crippen molar-refractivity contribution in [3.63, 3.8) is 0 Å². The number of ether oxygens (including phenoxy) is 4. The zero-order valence-corrected chi connectivity index (χ0v) is 15.0. The smallest absolute Gasteiger partial charge is 0.121 e. The number of hydrogen-bond donors (Lipinski definition) is 1. The third kappa shape index (κ3) is 7.45. The van der Waals surface area contributed by atoms with Gasteiger partial charge < -0.3 is 24.3 Å². The van der Waals surface area contributed by atoms with Gasteiger partial charge in [-0.2, -0.15) is 0 Å². The molecule has 2 rings (SSSR count). The normalized spacial score (nSPS) is 10.5. The topological polar surface area (TPSA) is 49.0 Å². The van der Waals surface area contributed by atoms with E-state index in [9.17, 15) is 0 Å². The van der Waals surface area contributed by atoms with E-state index >= 15 is 0 Å². The number of hydrogen-bond acceptors (Lipinski definition) is 5. The van der Waals surface area contributed by atoms with Gasteiger partial charge in [-0.3, -0.25) is 0 Å². The Morgan fingerprint density at radius 1 is 0.840 bits per heavy atom. The van der Waals surface area contributed by atoms with Crippen molar-refractivity contribution in [2.45, 2.75) is 13.5 Å². The standard InChI is InChI=1S/C20H27NO4/c1-3-23-12-14-25-20-6-4-5-18(15-20)21-16-17-7-9-19(10-8-17)24-13-11-22-2/h4-10,15,21H,3,11-14,16H2,1-2H3. The Morgan fingerprint density at radius 2 is 1.60 bits per heavy atom. The highest BCUT2D eigenvalue weighted by Crippen LogP contribution is 2.19. The lowest BCUT2D eigenvalue weighted by atomic mass is 10.2. The van der Waals surface area contributed by atoms with Gasteiger partial charge in [-0.15, -0.1) is 0 Å². The largest absolute Gasteiger partial charge is 0.491 e. The number of anilines is 1. The maximum Gasteiger partial charge on any atom is 0.121 e. The molecule has 0 fully saturated rings. The summed E-state index contributed by atoms with van der Waals surface area (Å²) >= 11 is 0. The first-order valence-corrected chi connectivity index (χ1v) is 8.57. The maximum absolute atomic E-state index is 5.67. The molecule has 0 aliphatic rings. The highest BCUT2D eigenvalue weighted by atomic mass is 16.5. The van der Waals surface area contributed by atoms with Crippen molar-refractivity contribution in [2.24, 2.45) is 0 Å². The molecule has 0 radical (unpaired) electrons. The van der Waals surface area contributed by atoms with Crippen molar-refractivity contribution < 1.29 is 18.9 Å². The predicted octanol–water partition coefficient (Wildman–Crippen LogP) is 3.74. The van der Waals surface area contributed by atoms with Gasteiger partial charge in [-0.05, 0) is 36.8 Å². The highest BCUT2D eigenvalue weighted by molar-refractivity contribution is 5.48. The molecule has 2 aromatic carbocycles. The van der Waals surface area contributed by atoms with Crippen molar-refractivity contribution >= 4 is 5.69 Å². The highest BCUT2D eigenvalue weighted by Gasteiger charge is 1.99. The second kappa shape index (κ2) is 11.3. The fraction of sp³-hybridized carbons (Fsp3) is 0.400. The Hall–Kier alpha value is -2.24. The minimum absolute atomic E-state index is 0.557. The summed E-state index contributed by atoms with van der Waals surface area (Å²) in [6.07, 6.45) is 0. The van der Waals surface area contributed by atoms with Crippen LogP contribution in [0, 0.1) is 0 Å². The summed E-state index contributed by atoms with van der Waals surface area (Å²) < 4.78 is 21.5. The van der Waals surface area contributed by atoms with Crippen LogP contribution < -0.4 is 14.8 Å². The Kier molecular flexibility index (Phi) is 8.66. The van der Waals surface area contributed by atoms with Gasteiger partial charge >= 0.3 is 0 Å². The number of methoxy groups -OCH3 is 1. The molecule has 136 valence electrons. The van der Waals surface area contributed by atoms with Crippen molar-refractivity contribution in [3.05, 3.63) is 54.1 Å². The number of rotatable bonds is 12. The summed E-state index contributed by atoms with van der Waals surface area (Å²) in [6, 6.07) is 16.0. The molecule has 0 saturated carbocycles. The fourth-order valence-electron chi connectivity index (χ4n) is 2.21. The Labute approximate surface area is 149 Å². The van der Waals surface area contributed by atoms with Crippen molar-refractivity contribution in [2.75, 3.05) is 45.5 Å². The molecular formula is C20H27NO4. The summed E-state index contributed by atoms with van der Waals surface area (Å²) in [5, 5.41) is 3.40. The first-order valence-electron chi connectivity index (χ1n) is 8.57. The molecule has 0 aliphatic carbocycles. The quantitative estimate of drug-likeness (QED) is 0.594. The summed E-state index contributed by atoms with van der Waals surface area (Å²) in [7, 11) is 1.66. The van der Waals surface area contributed by atoms with Crippen LogP contribution in [0.1, 0.15) is 12.5 Å². The van der Waals surface area contributed by atoms with Crippen molar-refractivity contribution in [3.8, 4) is 11.5 Å². The first kappa shape index (κ1) is 19.1. The summed E-state index contributed by atoms with van der Waals surface area (Å²) in [4.78, 5) is 0. The molecule has 0 aromatic heterocycles. The lowest BCUT2D eigenvalue weighted by Crippen LogP contribution is -2.06. The van der Waals surface area contributed by atoms with E-state index in [0.717, 1.165) is 23.7 Å². The van der Waals surface area contributed by atoms with Gasteiger partial charge in [0, 0.05) is 32.0 Å². The average molecular weight is 345 g/mol. The van der Waals surface area contributed by atoms with Crippen LogP contribution in [0.3, 0.4) is 0 Å². The second-order valence-corrected chi connectivity index (χ2v) is 5.41. The molecule has 0 spiro atoms. The third-order valence-corrected chi connectivity index (χ3v) is 3.51. The lowest BCUT2D eigenvalue weighted by molar-refractivity contribution is 0.110. The Balaban J connectivity index is 1.78. The molecule has 0 atom stereocenters. The zero-order chi connectivity index (χ0) is 17.7. The van der Waals surface area contributed by atoms with Crippen LogP contribution in [0.15, 0.2) is 48.5 Å². The van der Waals surface area contributed by atoms with E-state index in [1.54, 1.807) is 7.11 Å². The maximum atomic E-state index is 5.67. The van der Waals surface area contributed by atoms with Gasteiger partial charge in [0.2, 0.25) is 0 Å². The molecule has 25 heavy (non-hydrogen) atoms. The van der Waals surface area contributed by atoms with Crippen LogP contribution in [0.5, 0.6) is 11.5 Å². The average Bonchev–Trinajstić information content (AvgIpc) is 2.65. The molecule has 0 bridgehead atoms. The van der Waals surface area contributed by atoms with Crippen LogP contribution in [-0.2, 0) is 16.0 Å². The molecule has 2 aromatic rings. The van der Waals surface area contributed by atoms with Crippen LogP contribution in [0.2, 0.25) is 0 Å². The number of benzene rings is 2. The van der Waals surface area contributed by atoms with E-state index in [-0.39, 0.29) is 0 Å². The van der Waals surface area contributed by atoms with Crippen LogP contribution in [0.25, 0.3) is 0 Å². The molecule has 5 heteroatoms. The Morgan fingerprint density at radius 3 is 2.36 bits per heavy atom. The van der Waals surface area contributed by atoms with Gasteiger partial charge in [0.15, 0.2) is 0 Å². The lowest BCUT2D eigenvalue weighted by Gasteiger charge is -2.11.